The summed E-state index contributed by atoms with van der Waals surface area (Å²) in [7, 11) is 0. The van der Waals surface area contributed by atoms with Gasteiger partial charge in [-0.2, -0.15) is 5.10 Å². The summed E-state index contributed by atoms with van der Waals surface area (Å²) in [6.07, 6.45) is 0.894. The number of aromatic nitrogens is 4. The third-order valence-electron chi connectivity index (χ3n) is 4.45. The van der Waals surface area contributed by atoms with Crippen molar-refractivity contribution in [2.75, 3.05) is 13.1 Å². The molecule has 0 bridgehead atoms. The van der Waals surface area contributed by atoms with Crippen molar-refractivity contribution in [2.45, 2.75) is 52.4 Å². The van der Waals surface area contributed by atoms with Crippen molar-refractivity contribution in [1.82, 2.24) is 25.1 Å². The molecule has 128 valence electrons. The SMILES string of the molecule is Cc1cc(C)nc([C@@H]2CCN(C(=O)c3cc(C(C)(C)C)[nH]n3)C2)n1. The Bertz CT molecular complexity index is 739. The van der Waals surface area contributed by atoms with Crippen LogP contribution in [0.15, 0.2) is 12.1 Å². The number of carbonyl (C=O) groups is 1. The maximum Gasteiger partial charge on any atom is 0.274 e. The van der Waals surface area contributed by atoms with E-state index in [1.165, 1.54) is 0 Å². The fourth-order valence-corrected chi connectivity index (χ4v) is 3.07. The highest BCUT2D eigenvalue weighted by Crippen LogP contribution is 2.27. The van der Waals surface area contributed by atoms with Gasteiger partial charge in [0.25, 0.3) is 5.91 Å². The Morgan fingerprint density at radius 3 is 2.46 bits per heavy atom. The zero-order valence-corrected chi connectivity index (χ0v) is 15.1. The van der Waals surface area contributed by atoms with Crippen LogP contribution in [0, 0.1) is 13.8 Å². The quantitative estimate of drug-likeness (QED) is 0.920. The fraction of sp³-hybridized carbons (Fsp3) is 0.556. The number of aromatic amines is 1. The molecule has 3 rings (SSSR count). The first kappa shape index (κ1) is 16.6. The van der Waals surface area contributed by atoms with Gasteiger partial charge in [-0.1, -0.05) is 20.8 Å². The monoisotopic (exact) mass is 327 g/mol. The molecule has 1 atom stereocenters. The van der Waals surface area contributed by atoms with Crippen molar-refractivity contribution >= 4 is 5.91 Å². The molecule has 0 aliphatic carbocycles. The van der Waals surface area contributed by atoms with Crippen molar-refractivity contribution in [3.05, 3.63) is 40.7 Å². The summed E-state index contributed by atoms with van der Waals surface area (Å²) in [6.45, 7) is 11.6. The van der Waals surface area contributed by atoms with Crippen molar-refractivity contribution < 1.29 is 4.79 Å². The van der Waals surface area contributed by atoms with Gasteiger partial charge in [-0.15, -0.1) is 0 Å². The highest BCUT2D eigenvalue weighted by Gasteiger charge is 2.31. The van der Waals surface area contributed by atoms with Crippen LogP contribution < -0.4 is 0 Å². The molecule has 1 aliphatic rings. The van der Waals surface area contributed by atoms with Crippen molar-refractivity contribution in [2.24, 2.45) is 0 Å². The molecule has 6 heteroatoms. The van der Waals surface area contributed by atoms with Crippen LogP contribution in [0.3, 0.4) is 0 Å². The maximum absolute atomic E-state index is 12.7. The predicted molar refractivity (Wildman–Crippen MR) is 92.1 cm³/mol. The second-order valence-corrected chi connectivity index (χ2v) is 7.66. The third kappa shape index (κ3) is 3.32. The molecule has 1 fully saturated rings. The van der Waals surface area contributed by atoms with Gasteiger partial charge in [0.05, 0.1) is 0 Å². The minimum Gasteiger partial charge on any atom is -0.336 e. The number of carbonyl (C=O) groups excluding carboxylic acids is 1. The number of hydrogen-bond donors (Lipinski definition) is 1. The molecule has 2 aromatic rings. The van der Waals surface area contributed by atoms with Crippen molar-refractivity contribution in [3.8, 4) is 0 Å². The average Bonchev–Trinajstić information content (AvgIpc) is 3.15. The second kappa shape index (κ2) is 6.00. The topological polar surface area (TPSA) is 74.8 Å². The summed E-state index contributed by atoms with van der Waals surface area (Å²) in [5.74, 6) is 1.03. The van der Waals surface area contributed by atoms with E-state index in [0.717, 1.165) is 35.9 Å². The molecule has 1 amide bonds. The van der Waals surface area contributed by atoms with Gasteiger partial charge in [0, 0.05) is 41.5 Å². The first-order valence-electron chi connectivity index (χ1n) is 8.41. The van der Waals surface area contributed by atoms with E-state index in [9.17, 15) is 4.79 Å². The van der Waals surface area contributed by atoms with Crippen LogP contribution in [0.1, 0.15) is 66.5 Å². The Kier molecular flexibility index (Phi) is 4.15. The van der Waals surface area contributed by atoms with E-state index in [2.05, 4.69) is 40.9 Å². The van der Waals surface area contributed by atoms with Crippen LogP contribution in [0.5, 0.6) is 0 Å². The molecule has 0 unspecified atom stereocenters. The normalized spacial score (nSPS) is 18.2. The largest absolute Gasteiger partial charge is 0.336 e. The standard InChI is InChI=1S/C18H25N5O/c1-11-8-12(2)20-16(19-11)13-6-7-23(10-13)17(24)14-9-15(22-21-14)18(3,4)5/h8-9,13H,6-7,10H2,1-5H3,(H,21,22)/t13-/m1/s1. The lowest BCUT2D eigenvalue weighted by molar-refractivity contribution is 0.0784. The average molecular weight is 327 g/mol. The van der Waals surface area contributed by atoms with E-state index in [1.54, 1.807) is 0 Å². The van der Waals surface area contributed by atoms with Gasteiger partial charge in [0.15, 0.2) is 0 Å². The summed E-state index contributed by atoms with van der Waals surface area (Å²) in [6, 6.07) is 3.84. The van der Waals surface area contributed by atoms with Gasteiger partial charge in [-0.25, -0.2) is 9.97 Å². The highest BCUT2D eigenvalue weighted by molar-refractivity contribution is 5.92. The molecule has 1 N–H and O–H groups in total. The van der Waals surface area contributed by atoms with E-state index < -0.39 is 0 Å². The van der Waals surface area contributed by atoms with Crippen LogP contribution in [0.25, 0.3) is 0 Å². The van der Waals surface area contributed by atoms with Gasteiger partial charge >= 0.3 is 0 Å². The van der Waals surface area contributed by atoms with Crippen molar-refractivity contribution in [3.63, 3.8) is 0 Å². The van der Waals surface area contributed by atoms with Crippen molar-refractivity contribution in [1.29, 1.82) is 0 Å². The van der Waals surface area contributed by atoms with E-state index in [-0.39, 0.29) is 17.2 Å². The first-order chi connectivity index (χ1) is 11.2. The molecule has 1 saturated heterocycles. The molecule has 0 saturated carbocycles. The number of amides is 1. The molecule has 0 aromatic carbocycles. The van der Waals surface area contributed by atoms with Gasteiger partial charge < -0.3 is 4.90 Å². The summed E-state index contributed by atoms with van der Waals surface area (Å²) >= 11 is 0. The zero-order chi connectivity index (χ0) is 17.5. The van der Waals surface area contributed by atoms with E-state index in [1.807, 2.05) is 30.9 Å². The molecule has 0 spiro atoms. The van der Waals surface area contributed by atoms with Gasteiger partial charge in [0.1, 0.15) is 11.5 Å². The molecule has 6 nitrogen and oxygen atoms in total. The third-order valence-corrected chi connectivity index (χ3v) is 4.45. The van der Waals surface area contributed by atoms with Gasteiger partial charge in [0.2, 0.25) is 0 Å². The van der Waals surface area contributed by atoms with E-state index in [0.29, 0.717) is 12.2 Å². The molecular weight excluding hydrogens is 302 g/mol. The lowest BCUT2D eigenvalue weighted by Gasteiger charge is -2.16. The van der Waals surface area contributed by atoms with Crippen LogP contribution in [0.4, 0.5) is 0 Å². The van der Waals surface area contributed by atoms with Gasteiger partial charge in [-0.3, -0.25) is 9.89 Å². The highest BCUT2D eigenvalue weighted by atomic mass is 16.2. The molecule has 3 heterocycles. The number of hydrogen-bond acceptors (Lipinski definition) is 4. The second-order valence-electron chi connectivity index (χ2n) is 7.66. The first-order valence-corrected chi connectivity index (χ1v) is 8.41. The minimum atomic E-state index is -0.0496. The van der Waals surface area contributed by atoms with Crippen LogP contribution in [-0.2, 0) is 5.41 Å². The minimum absolute atomic E-state index is 0.0198. The molecular formula is C18H25N5O. The number of nitrogens with one attached hydrogen (secondary N) is 1. The maximum atomic E-state index is 12.7. The molecule has 24 heavy (non-hydrogen) atoms. The summed E-state index contributed by atoms with van der Waals surface area (Å²) in [4.78, 5) is 23.7. The van der Waals surface area contributed by atoms with Gasteiger partial charge in [-0.05, 0) is 32.4 Å². The lowest BCUT2D eigenvalue weighted by Crippen LogP contribution is -2.29. The Morgan fingerprint density at radius 1 is 1.21 bits per heavy atom. The Balaban J connectivity index is 1.73. The van der Waals surface area contributed by atoms with E-state index >= 15 is 0 Å². The summed E-state index contributed by atoms with van der Waals surface area (Å²) < 4.78 is 0. The van der Waals surface area contributed by atoms with Crippen LogP contribution in [0.2, 0.25) is 0 Å². The predicted octanol–water partition coefficient (Wildman–Crippen LogP) is 2.74. The summed E-state index contributed by atoms with van der Waals surface area (Å²) in [5.41, 5.74) is 3.36. The van der Waals surface area contributed by atoms with Crippen LogP contribution >= 0.6 is 0 Å². The lowest BCUT2D eigenvalue weighted by atomic mass is 9.92. The number of nitrogens with zero attached hydrogens (tertiary/aromatic N) is 4. The Hall–Kier alpha value is -2.24. The number of rotatable bonds is 2. The summed E-state index contributed by atoms with van der Waals surface area (Å²) in [5, 5.41) is 7.19. The molecule has 2 aromatic heterocycles. The molecule has 1 aliphatic heterocycles. The molecule has 0 radical (unpaired) electrons. The fourth-order valence-electron chi connectivity index (χ4n) is 3.07. The zero-order valence-electron chi connectivity index (χ0n) is 15.1. The smallest absolute Gasteiger partial charge is 0.274 e. The number of H-pyrrole nitrogens is 1. The Labute approximate surface area is 142 Å². The van der Waals surface area contributed by atoms with E-state index in [4.69, 9.17) is 0 Å². The number of likely N-dealkylation sites (tertiary alicyclic amines) is 1. The Morgan fingerprint density at radius 2 is 1.88 bits per heavy atom. The van der Waals surface area contributed by atoms with Crippen LogP contribution in [-0.4, -0.2) is 44.1 Å². The number of aryl methyl sites for hydroxylation is 2.